The van der Waals surface area contributed by atoms with Gasteiger partial charge in [0.05, 0.1) is 18.7 Å². The zero-order chi connectivity index (χ0) is 17.5. The Bertz CT molecular complexity index is 750. The highest BCUT2D eigenvalue weighted by atomic mass is 19.2. The Balaban J connectivity index is 1.99. The minimum absolute atomic E-state index is 0.138. The summed E-state index contributed by atoms with van der Waals surface area (Å²) in [6.07, 6.45) is 0. The SMILES string of the molecule is CCOC(=O)c1ccccc1NCC(=O)Nc1ccc(F)c(F)c1. The van der Waals surface area contributed by atoms with Crippen molar-refractivity contribution in [2.24, 2.45) is 0 Å². The average molecular weight is 334 g/mol. The molecule has 2 aromatic rings. The van der Waals surface area contributed by atoms with Gasteiger partial charge in [0.15, 0.2) is 11.6 Å². The van der Waals surface area contributed by atoms with Crippen molar-refractivity contribution in [1.82, 2.24) is 0 Å². The summed E-state index contributed by atoms with van der Waals surface area (Å²) in [5.41, 5.74) is 0.885. The first kappa shape index (κ1) is 17.4. The van der Waals surface area contributed by atoms with Crippen LogP contribution in [-0.2, 0) is 9.53 Å². The Hall–Kier alpha value is -2.96. The molecule has 0 aliphatic carbocycles. The van der Waals surface area contributed by atoms with E-state index in [1.807, 2.05) is 0 Å². The Morgan fingerprint density at radius 1 is 1.08 bits per heavy atom. The van der Waals surface area contributed by atoms with E-state index < -0.39 is 23.5 Å². The first-order valence-electron chi connectivity index (χ1n) is 7.26. The van der Waals surface area contributed by atoms with Gasteiger partial charge in [0.2, 0.25) is 5.91 Å². The van der Waals surface area contributed by atoms with Crippen LogP contribution in [0.2, 0.25) is 0 Å². The molecule has 0 aromatic heterocycles. The van der Waals surface area contributed by atoms with E-state index in [1.165, 1.54) is 6.07 Å². The van der Waals surface area contributed by atoms with Crippen molar-refractivity contribution in [3.05, 3.63) is 59.7 Å². The Kier molecular flexibility index (Phi) is 5.83. The topological polar surface area (TPSA) is 67.4 Å². The summed E-state index contributed by atoms with van der Waals surface area (Å²) in [4.78, 5) is 23.7. The van der Waals surface area contributed by atoms with Gasteiger partial charge in [-0.15, -0.1) is 0 Å². The van der Waals surface area contributed by atoms with Gasteiger partial charge in [0.25, 0.3) is 0 Å². The smallest absolute Gasteiger partial charge is 0.340 e. The molecule has 0 unspecified atom stereocenters. The molecule has 2 rings (SSSR count). The Labute approximate surface area is 137 Å². The number of anilines is 2. The zero-order valence-corrected chi connectivity index (χ0v) is 12.9. The van der Waals surface area contributed by atoms with Crippen molar-refractivity contribution in [1.29, 1.82) is 0 Å². The van der Waals surface area contributed by atoms with Gasteiger partial charge < -0.3 is 15.4 Å². The summed E-state index contributed by atoms with van der Waals surface area (Å²) in [6, 6.07) is 9.67. The van der Waals surface area contributed by atoms with E-state index in [1.54, 1.807) is 31.2 Å². The van der Waals surface area contributed by atoms with Gasteiger partial charge in [-0.2, -0.15) is 0 Å². The number of para-hydroxylation sites is 1. The lowest BCUT2D eigenvalue weighted by Crippen LogP contribution is -2.23. The highest BCUT2D eigenvalue weighted by Crippen LogP contribution is 2.16. The highest BCUT2D eigenvalue weighted by Gasteiger charge is 2.13. The third kappa shape index (κ3) is 4.52. The summed E-state index contributed by atoms with van der Waals surface area (Å²) in [7, 11) is 0. The molecule has 0 radical (unpaired) electrons. The van der Waals surface area contributed by atoms with Gasteiger partial charge in [-0.1, -0.05) is 12.1 Å². The predicted octanol–water partition coefficient (Wildman–Crippen LogP) is 3.19. The maximum Gasteiger partial charge on any atom is 0.340 e. The van der Waals surface area contributed by atoms with Crippen molar-refractivity contribution in [2.45, 2.75) is 6.92 Å². The van der Waals surface area contributed by atoms with Crippen LogP contribution < -0.4 is 10.6 Å². The van der Waals surface area contributed by atoms with Crippen molar-refractivity contribution in [3.63, 3.8) is 0 Å². The van der Waals surface area contributed by atoms with Crippen LogP contribution >= 0.6 is 0 Å². The number of benzene rings is 2. The van der Waals surface area contributed by atoms with E-state index in [-0.39, 0.29) is 18.8 Å². The average Bonchev–Trinajstić information content (AvgIpc) is 2.57. The Morgan fingerprint density at radius 2 is 1.83 bits per heavy atom. The van der Waals surface area contributed by atoms with Gasteiger partial charge in [0, 0.05) is 17.4 Å². The fourth-order valence-corrected chi connectivity index (χ4v) is 1.98. The number of hydrogen-bond acceptors (Lipinski definition) is 4. The number of carbonyl (C=O) groups excluding carboxylic acids is 2. The highest BCUT2D eigenvalue weighted by molar-refractivity contribution is 5.98. The molecule has 0 saturated heterocycles. The lowest BCUT2D eigenvalue weighted by Gasteiger charge is -2.11. The molecule has 0 aliphatic rings. The molecule has 0 fully saturated rings. The second-order valence-electron chi connectivity index (χ2n) is 4.80. The second-order valence-corrected chi connectivity index (χ2v) is 4.80. The number of nitrogens with one attached hydrogen (secondary N) is 2. The molecule has 0 saturated carbocycles. The number of esters is 1. The zero-order valence-electron chi connectivity index (χ0n) is 12.9. The van der Waals surface area contributed by atoms with Crippen molar-refractivity contribution >= 4 is 23.3 Å². The van der Waals surface area contributed by atoms with Crippen LogP contribution in [0.4, 0.5) is 20.2 Å². The van der Waals surface area contributed by atoms with E-state index >= 15 is 0 Å². The van der Waals surface area contributed by atoms with E-state index in [9.17, 15) is 18.4 Å². The molecule has 1 amide bonds. The molecule has 0 bridgehead atoms. The summed E-state index contributed by atoms with van der Waals surface area (Å²) in [5.74, 6) is -3.01. The van der Waals surface area contributed by atoms with Gasteiger partial charge in [-0.25, -0.2) is 13.6 Å². The summed E-state index contributed by atoms with van der Waals surface area (Å²) in [6.45, 7) is 1.78. The first-order valence-corrected chi connectivity index (χ1v) is 7.26. The fraction of sp³-hybridized carbons (Fsp3) is 0.176. The normalized spacial score (nSPS) is 10.1. The van der Waals surface area contributed by atoms with Gasteiger partial charge in [-0.3, -0.25) is 4.79 Å². The van der Waals surface area contributed by atoms with Gasteiger partial charge >= 0.3 is 5.97 Å². The van der Waals surface area contributed by atoms with Crippen LogP contribution in [0.5, 0.6) is 0 Å². The first-order chi connectivity index (χ1) is 11.5. The predicted molar refractivity (Wildman–Crippen MR) is 85.9 cm³/mol. The number of halogens is 2. The number of hydrogen-bond donors (Lipinski definition) is 2. The van der Waals surface area contributed by atoms with E-state index in [0.717, 1.165) is 12.1 Å². The van der Waals surface area contributed by atoms with Crippen LogP contribution in [0.25, 0.3) is 0 Å². The quantitative estimate of drug-likeness (QED) is 0.796. The van der Waals surface area contributed by atoms with Crippen LogP contribution in [0.1, 0.15) is 17.3 Å². The number of carbonyl (C=O) groups is 2. The molecule has 126 valence electrons. The third-order valence-electron chi connectivity index (χ3n) is 3.07. The van der Waals surface area contributed by atoms with Gasteiger partial charge in [0.1, 0.15) is 0 Å². The maximum absolute atomic E-state index is 13.1. The molecule has 0 atom stereocenters. The fourth-order valence-electron chi connectivity index (χ4n) is 1.98. The third-order valence-corrected chi connectivity index (χ3v) is 3.07. The number of amides is 1. The summed E-state index contributed by atoms with van der Waals surface area (Å²) >= 11 is 0. The minimum Gasteiger partial charge on any atom is -0.462 e. The van der Waals surface area contributed by atoms with Crippen LogP contribution in [-0.4, -0.2) is 25.0 Å². The van der Waals surface area contributed by atoms with Crippen molar-refractivity contribution < 1.29 is 23.1 Å². The molecule has 24 heavy (non-hydrogen) atoms. The van der Waals surface area contributed by atoms with Crippen LogP contribution in [0.15, 0.2) is 42.5 Å². The van der Waals surface area contributed by atoms with Crippen molar-refractivity contribution in [3.8, 4) is 0 Å². The lowest BCUT2D eigenvalue weighted by molar-refractivity contribution is -0.114. The molecular weight excluding hydrogens is 318 g/mol. The van der Waals surface area contributed by atoms with Crippen molar-refractivity contribution in [2.75, 3.05) is 23.8 Å². The Morgan fingerprint density at radius 3 is 2.54 bits per heavy atom. The molecule has 0 spiro atoms. The molecule has 5 nitrogen and oxygen atoms in total. The molecule has 0 aliphatic heterocycles. The standard InChI is InChI=1S/C17H16F2N2O3/c1-2-24-17(23)12-5-3-4-6-15(12)20-10-16(22)21-11-7-8-13(18)14(19)9-11/h3-9,20H,2,10H2,1H3,(H,21,22). The van der Waals surface area contributed by atoms with E-state index in [4.69, 9.17) is 4.74 Å². The second kappa shape index (κ2) is 8.05. The van der Waals surface area contributed by atoms with Gasteiger partial charge in [-0.05, 0) is 31.2 Å². The van der Waals surface area contributed by atoms with Crippen LogP contribution in [0, 0.1) is 11.6 Å². The molecule has 2 N–H and O–H groups in total. The molecular formula is C17H16F2N2O3. The largest absolute Gasteiger partial charge is 0.462 e. The number of ether oxygens (including phenoxy) is 1. The molecule has 0 heterocycles. The van der Waals surface area contributed by atoms with E-state index in [0.29, 0.717) is 11.3 Å². The molecule has 2 aromatic carbocycles. The minimum atomic E-state index is -1.05. The van der Waals surface area contributed by atoms with E-state index in [2.05, 4.69) is 10.6 Å². The summed E-state index contributed by atoms with van der Waals surface area (Å²) in [5, 5.41) is 5.25. The lowest BCUT2D eigenvalue weighted by atomic mass is 10.2. The maximum atomic E-state index is 13.1. The monoisotopic (exact) mass is 334 g/mol. The summed E-state index contributed by atoms with van der Waals surface area (Å²) < 4.78 is 30.9. The molecule has 7 heteroatoms. The number of rotatable bonds is 6. The van der Waals surface area contributed by atoms with Crippen LogP contribution in [0.3, 0.4) is 0 Å².